The third-order valence-corrected chi connectivity index (χ3v) is 4.80. The van der Waals surface area contributed by atoms with E-state index < -0.39 is 5.97 Å². The van der Waals surface area contributed by atoms with Gasteiger partial charge in [0.15, 0.2) is 0 Å². The topological polar surface area (TPSA) is 35.5 Å². The van der Waals surface area contributed by atoms with Gasteiger partial charge in [-0.3, -0.25) is 0 Å². The Morgan fingerprint density at radius 2 is 1.43 bits per heavy atom. The highest BCUT2D eigenvalue weighted by molar-refractivity contribution is 6.37. The summed E-state index contributed by atoms with van der Waals surface area (Å²) < 4.78 is 11.2. The number of hydrogen-bond donors (Lipinski definition) is 0. The summed E-state index contributed by atoms with van der Waals surface area (Å²) in [4.78, 5) is 12.2. The van der Waals surface area contributed by atoms with Crippen LogP contribution in [-0.4, -0.2) is 5.97 Å². The third-order valence-electron chi connectivity index (χ3n) is 4.14. The molecule has 5 heteroatoms. The molecule has 0 saturated heterocycles. The molecular weight excluding hydrogens is 395 g/mol. The van der Waals surface area contributed by atoms with E-state index in [1.54, 1.807) is 30.4 Å². The van der Waals surface area contributed by atoms with E-state index in [0.29, 0.717) is 32.7 Å². The summed E-state index contributed by atoms with van der Waals surface area (Å²) in [6, 6.07) is 22.0. The highest BCUT2D eigenvalue weighted by atomic mass is 35.5. The van der Waals surface area contributed by atoms with Gasteiger partial charge in [-0.1, -0.05) is 47.5 Å². The minimum Gasteiger partial charge on any atom is -0.457 e. The molecule has 0 unspecified atom stereocenters. The number of carbonyl (C=O) groups is 1. The molecule has 3 nitrogen and oxygen atoms in total. The first-order chi connectivity index (χ1) is 13.6. The van der Waals surface area contributed by atoms with Gasteiger partial charge in [0.05, 0.1) is 5.57 Å². The molecule has 0 amide bonds. The van der Waals surface area contributed by atoms with E-state index in [0.717, 1.165) is 11.3 Å². The van der Waals surface area contributed by atoms with Crippen molar-refractivity contribution in [2.45, 2.75) is 0 Å². The third kappa shape index (κ3) is 3.96. The fraction of sp³-hybridized carbons (Fsp3) is 0. The monoisotopic (exact) mass is 408 g/mol. The number of cyclic esters (lactones) is 1. The molecule has 3 aromatic carbocycles. The molecule has 3 aromatic rings. The minimum atomic E-state index is -0.449. The number of carbonyl (C=O) groups excluding carboxylic acids is 1. The van der Waals surface area contributed by atoms with Crippen LogP contribution in [0.3, 0.4) is 0 Å². The Bertz CT molecular complexity index is 1060. The Balaban J connectivity index is 1.57. The largest absolute Gasteiger partial charge is 0.457 e. The van der Waals surface area contributed by atoms with Crippen molar-refractivity contribution in [3.05, 3.63) is 106 Å². The van der Waals surface area contributed by atoms with Gasteiger partial charge in [-0.05, 0) is 60.7 Å². The van der Waals surface area contributed by atoms with Gasteiger partial charge in [0, 0.05) is 21.2 Å². The lowest BCUT2D eigenvalue weighted by molar-refractivity contribution is -0.130. The predicted molar refractivity (Wildman–Crippen MR) is 111 cm³/mol. The van der Waals surface area contributed by atoms with Crippen LogP contribution in [0.15, 0.2) is 84.4 Å². The van der Waals surface area contributed by atoms with E-state index in [1.165, 1.54) is 0 Å². The average molecular weight is 409 g/mol. The van der Waals surface area contributed by atoms with Gasteiger partial charge in [0.1, 0.15) is 17.3 Å². The molecule has 1 heterocycles. The van der Waals surface area contributed by atoms with Crippen molar-refractivity contribution in [1.29, 1.82) is 0 Å². The van der Waals surface area contributed by atoms with Gasteiger partial charge in [-0.15, -0.1) is 0 Å². The van der Waals surface area contributed by atoms with Crippen LogP contribution in [0.5, 0.6) is 11.5 Å². The number of rotatable bonds is 4. The van der Waals surface area contributed by atoms with Gasteiger partial charge in [-0.25, -0.2) is 4.79 Å². The molecule has 1 aliphatic heterocycles. The number of esters is 1. The van der Waals surface area contributed by atoms with Crippen molar-refractivity contribution in [2.75, 3.05) is 0 Å². The van der Waals surface area contributed by atoms with Gasteiger partial charge < -0.3 is 9.47 Å². The summed E-state index contributed by atoms with van der Waals surface area (Å²) >= 11 is 12.4. The molecule has 0 aliphatic carbocycles. The number of halogens is 2. The fourth-order valence-corrected chi connectivity index (χ4v) is 3.25. The summed E-state index contributed by atoms with van der Waals surface area (Å²) in [5.41, 5.74) is 1.74. The number of hydrogen-bond acceptors (Lipinski definition) is 3. The van der Waals surface area contributed by atoms with Crippen LogP contribution in [0, 0.1) is 0 Å². The first-order valence-corrected chi connectivity index (χ1v) is 9.29. The lowest BCUT2D eigenvalue weighted by Crippen LogP contribution is -1.97. The predicted octanol–water partition coefficient (Wildman–Crippen LogP) is 6.77. The Morgan fingerprint density at radius 3 is 2.11 bits per heavy atom. The molecule has 0 radical (unpaired) electrons. The zero-order chi connectivity index (χ0) is 19.5. The van der Waals surface area contributed by atoms with Gasteiger partial charge >= 0.3 is 5.97 Å². The normalized spacial score (nSPS) is 14.7. The molecule has 0 N–H and O–H groups in total. The van der Waals surface area contributed by atoms with Crippen molar-refractivity contribution in [2.24, 2.45) is 0 Å². The van der Waals surface area contributed by atoms with Crippen molar-refractivity contribution in [1.82, 2.24) is 0 Å². The molecule has 138 valence electrons. The quantitative estimate of drug-likeness (QED) is 0.353. The van der Waals surface area contributed by atoms with E-state index in [9.17, 15) is 4.79 Å². The lowest BCUT2D eigenvalue weighted by atomic mass is 10.1. The Labute approximate surface area is 172 Å². The Hall–Kier alpha value is -3.01. The van der Waals surface area contributed by atoms with Crippen LogP contribution in [0.2, 0.25) is 10.0 Å². The molecule has 0 bridgehead atoms. The fourth-order valence-electron chi connectivity index (χ4n) is 2.75. The molecular formula is C23H14Cl2O3. The van der Waals surface area contributed by atoms with Crippen molar-refractivity contribution < 1.29 is 14.3 Å². The molecule has 0 saturated carbocycles. The summed E-state index contributed by atoms with van der Waals surface area (Å²) in [6.07, 6.45) is 3.31. The first-order valence-electron chi connectivity index (χ1n) is 8.53. The zero-order valence-electron chi connectivity index (χ0n) is 14.6. The highest BCUT2D eigenvalue weighted by Crippen LogP contribution is 2.32. The SMILES string of the molecule is O=C1OC(c2ccc(Oc3ccccc3)cc2)=C/C1=C\c1c(Cl)cccc1Cl. The summed E-state index contributed by atoms with van der Waals surface area (Å²) in [6.45, 7) is 0. The second-order valence-corrected chi connectivity index (χ2v) is 6.89. The number of para-hydroxylation sites is 1. The van der Waals surface area contributed by atoms with Crippen LogP contribution in [-0.2, 0) is 9.53 Å². The van der Waals surface area contributed by atoms with Gasteiger partial charge in [-0.2, -0.15) is 0 Å². The summed E-state index contributed by atoms with van der Waals surface area (Å²) in [5, 5.41) is 0.939. The molecule has 0 atom stereocenters. The summed E-state index contributed by atoms with van der Waals surface area (Å²) in [7, 11) is 0. The molecule has 0 fully saturated rings. The van der Waals surface area contributed by atoms with Crippen LogP contribution in [0.1, 0.15) is 11.1 Å². The Kier molecular flexibility index (Phi) is 5.20. The second-order valence-electron chi connectivity index (χ2n) is 6.07. The van der Waals surface area contributed by atoms with Crippen LogP contribution < -0.4 is 4.74 Å². The van der Waals surface area contributed by atoms with E-state index in [2.05, 4.69) is 0 Å². The highest BCUT2D eigenvalue weighted by Gasteiger charge is 2.22. The molecule has 4 rings (SSSR count). The van der Waals surface area contributed by atoms with E-state index in [1.807, 2.05) is 54.6 Å². The van der Waals surface area contributed by atoms with Crippen molar-refractivity contribution in [3.63, 3.8) is 0 Å². The van der Waals surface area contributed by atoms with Crippen molar-refractivity contribution >= 4 is 41.0 Å². The van der Waals surface area contributed by atoms with E-state index >= 15 is 0 Å². The standard InChI is InChI=1S/C23H14Cl2O3/c24-20-7-4-8-21(25)19(20)13-16-14-22(28-23(16)26)15-9-11-18(12-10-15)27-17-5-2-1-3-6-17/h1-14H/b16-13+. The Morgan fingerprint density at radius 1 is 0.786 bits per heavy atom. The minimum absolute atomic E-state index is 0.384. The van der Waals surface area contributed by atoms with Crippen LogP contribution >= 0.6 is 23.2 Å². The van der Waals surface area contributed by atoms with E-state index in [-0.39, 0.29) is 0 Å². The second kappa shape index (κ2) is 7.93. The maximum Gasteiger partial charge on any atom is 0.343 e. The van der Waals surface area contributed by atoms with Gasteiger partial charge in [0.2, 0.25) is 0 Å². The van der Waals surface area contributed by atoms with Crippen molar-refractivity contribution in [3.8, 4) is 11.5 Å². The zero-order valence-corrected chi connectivity index (χ0v) is 16.1. The maximum absolute atomic E-state index is 12.2. The van der Waals surface area contributed by atoms with Crippen LogP contribution in [0.4, 0.5) is 0 Å². The molecule has 1 aliphatic rings. The number of benzene rings is 3. The van der Waals surface area contributed by atoms with Gasteiger partial charge in [0.25, 0.3) is 0 Å². The maximum atomic E-state index is 12.2. The molecule has 0 aromatic heterocycles. The average Bonchev–Trinajstić information content (AvgIpc) is 3.07. The van der Waals surface area contributed by atoms with Crippen LogP contribution in [0.25, 0.3) is 11.8 Å². The smallest absolute Gasteiger partial charge is 0.343 e. The number of ether oxygens (including phenoxy) is 2. The lowest BCUT2D eigenvalue weighted by Gasteiger charge is -2.06. The van der Waals surface area contributed by atoms with E-state index in [4.69, 9.17) is 32.7 Å². The molecule has 0 spiro atoms. The molecule has 28 heavy (non-hydrogen) atoms. The summed E-state index contributed by atoms with van der Waals surface area (Å²) in [5.74, 6) is 1.46. The first kappa shape index (κ1) is 18.4.